The summed E-state index contributed by atoms with van der Waals surface area (Å²) in [5, 5.41) is 6.66. The van der Waals surface area contributed by atoms with Crippen molar-refractivity contribution in [3.05, 3.63) is 48.0 Å². The summed E-state index contributed by atoms with van der Waals surface area (Å²) in [6.45, 7) is 3.85. The molecule has 0 aliphatic carbocycles. The molecule has 3 rings (SSSR count). The molecule has 4 heteroatoms. The van der Waals surface area contributed by atoms with E-state index in [1.165, 1.54) is 5.56 Å². The van der Waals surface area contributed by atoms with Crippen LogP contribution in [-0.4, -0.2) is 24.2 Å². The first kappa shape index (κ1) is 13.7. The normalized spacial score (nSPS) is 16.1. The van der Waals surface area contributed by atoms with Gasteiger partial charge in [0.05, 0.1) is 6.54 Å². The third kappa shape index (κ3) is 3.45. The number of ether oxygens (including phenoxy) is 1. The lowest BCUT2D eigenvalue weighted by Crippen LogP contribution is -2.24. The highest BCUT2D eigenvalue weighted by Crippen LogP contribution is 2.28. The Bertz CT molecular complexity index is 575. The lowest BCUT2D eigenvalue weighted by atomic mass is 10.1. The molecule has 4 nitrogen and oxygen atoms in total. The Labute approximate surface area is 125 Å². The Morgan fingerprint density at radius 2 is 1.90 bits per heavy atom. The van der Waals surface area contributed by atoms with Crippen LogP contribution in [-0.2, 0) is 6.42 Å². The lowest BCUT2D eigenvalue weighted by Gasteiger charge is -2.13. The first-order valence-corrected chi connectivity index (χ1v) is 7.54. The van der Waals surface area contributed by atoms with E-state index in [1.807, 2.05) is 30.3 Å². The van der Waals surface area contributed by atoms with Crippen molar-refractivity contribution in [2.75, 3.05) is 23.7 Å². The molecule has 0 saturated heterocycles. The minimum atomic E-state index is 0.177. The van der Waals surface area contributed by atoms with Gasteiger partial charge in [0.1, 0.15) is 23.5 Å². The van der Waals surface area contributed by atoms with Crippen LogP contribution in [0, 0.1) is 0 Å². The maximum Gasteiger partial charge on any atom is 0.128 e. The van der Waals surface area contributed by atoms with Crippen LogP contribution < -0.4 is 15.4 Å². The summed E-state index contributed by atoms with van der Waals surface area (Å²) < 4.78 is 5.92. The van der Waals surface area contributed by atoms with Crippen molar-refractivity contribution >= 4 is 11.6 Å². The minimum absolute atomic E-state index is 0.177. The van der Waals surface area contributed by atoms with E-state index in [0.717, 1.165) is 43.3 Å². The highest BCUT2D eigenvalue weighted by molar-refractivity contribution is 5.45. The van der Waals surface area contributed by atoms with Gasteiger partial charge in [0.2, 0.25) is 0 Å². The van der Waals surface area contributed by atoms with E-state index in [-0.39, 0.29) is 6.10 Å². The zero-order valence-corrected chi connectivity index (χ0v) is 12.3. The summed E-state index contributed by atoms with van der Waals surface area (Å²) >= 11 is 0. The number of rotatable bonds is 6. The van der Waals surface area contributed by atoms with Crippen LogP contribution in [0.25, 0.3) is 0 Å². The number of hydrogen-bond acceptors (Lipinski definition) is 4. The molecule has 1 atom stereocenters. The third-order valence-corrected chi connectivity index (χ3v) is 3.53. The Morgan fingerprint density at radius 1 is 1.10 bits per heavy atom. The van der Waals surface area contributed by atoms with Crippen molar-refractivity contribution in [2.24, 2.45) is 0 Å². The van der Waals surface area contributed by atoms with E-state index in [2.05, 4.69) is 34.7 Å². The first-order valence-electron chi connectivity index (χ1n) is 7.54. The van der Waals surface area contributed by atoms with Crippen molar-refractivity contribution < 1.29 is 4.74 Å². The largest absolute Gasteiger partial charge is 0.488 e. The standard InChI is InChI=1S/C17H21N3O/c1-2-10-18-16-8-5-9-17(20-16)19-12-14-11-13-6-3-4-7-15(13)21-14/h3-9,14H,2,10-12H2,1H3,(H2,18,19,20). The Kier molecular flexibility index (Phi) is 4.24. The second kappa shape index (κ2) is 6.48. The van der Waals surface area contributed by atoms with Gasteiger partial charge in [0.15, 0.2) is 0 Å². The van der Waals surface area contributed by atoms with Gasteiger partial charge < -0.3 is 15.4 Å². The summed E-state index contributed by atoms with van der Waals surface area (Å²) in [4.78, 5) is 4.54. The van der Waals surface area contributed by atoms with Crippen molar-refractivity contribution in [3.8, 4) is 5.75 Å². The Hall–Kier alpha value is -2.23. The molecule has 0 bridgehead atoms. The third-order valence-electron chi connectivity index (χ3n) is 3.53. The molecule has 1 unspecified atom stereocenters. The molecular formula is C17H21N3O. The van der Waals surface area contributed by atoms with Crippen molar-refractivity contribution in [2.45, 2.75) is 25.9 Å². The summed E-state index contributed by atoms with van der Waals surface area (Å²) in [5.41, 5.74) is 1.29. The van der Waals surface area contributed by atoms with Crippen LogP contribution >= 0.6 is 0 Å². The SMILES string of the molecule is CCCNc1cccc(NCC2Cc3ccccc3O2)n1. The fraction of sp³-hybridized carbons (Fsp3) is 0.353. The fourth-order valence-electron chi connectivity index (χ4n) is 2.47. The average molecular weight is 283 g/mol. The summed E-state index contributed by atoms with van der Waals surface area (Å²) in [5.74, 6) is 2.81. The molecule has 1 aliphatic rings. The quantitative estimate of drug-likeness (QED) is 0.853. The molecule has 0 saturated carbocycles. The molecule has 0 spiro atoms. The Balaban J connectivity index is 1.54. The van der Waals surface area contributed by atoms with Crippen LogP contribution in [0.3, 0.4) is 0 Å². The number of benzene rings is 1. The molecule has 2 N–H and O–H groups in total. The highest BCUT2D eigenvalue weighted by atomic mass is 16.5. The second-order valence-electron chi connectivity index (χ2n) is 5.27. The molecule has 0 radical (unpaired) electrons. The number of hydrogen-bond donors (Lipinski definition) is 2. The number of para-hydroxylation sites is 1. The maximum absolute atomic E-state index is 5.92. The van der Waals surface area contributed by atoms with Gasteiger partial charge in [-0.15, -0.1) is 0 Å². The topological polar surface area (TPSA) is 46.2 Å². The fourth-order valence-corrected chi connectivity index (χ4v) is 2.47. The van der Waals surface area contributed by atoms with Crippen LogP contribution in [0.2, 0.25) is 0 Å². The van der Waals surface area contributed by atoms with Crippen LogP contribution in [0.1, 0.15) is 18.9 Å². The van der Waals surface area contributed by atoms with E-state index in [1.54, 1.807) is 0 Å². The molecule has 0 amide bonds. The second-order valence-corrected chi connectivity index (χ2v) is 5.27. The van der Waals surface area contributed by atoms with Crippen molar-refractivity contribution in [1.29, 1.82) is 0 Å². The average Bonchev–Trinajstić information content (AvgIpc) is 2.94. The molecule has 1 aliphatic heterocycles. The molecule has 2 aromatic rings. The molecule has 21 heavy (non-hydrogen) atoms. The molecule has 110 valence electrons. The van der Waals surface area contributed by atoms with E-state index in [9.17, 15) is 0 Å². The zero-order chi connectivity index (χ0) is 14.5. The molecule has 1 aromatic carbocycles. The van der Waals surface area contributed by atoms with Crippen molar-refractivity contribution in [3.63, 3.8) is 0 Å². The monoisotopic (exact) mass is 283 g/mol. The summed E-state index contributed by atoms with van der Waals surface area (Å²) in [7, 11) is 0. The molecule has 1 aromatic heterocycles. The van der Waals surface area contributed by atoms with E-state index in [4.69, 9.17) is 4.74 Å². The van der Waals surface area contributed by atoms with Gasteiger partial charge in [-0.2, -0.15) is 0 Å². The predicted molar refractivity (Wildman–Crippen MR) is 86.1 cm³/mol. The maximum atomic E-state index is 5.92. The van der Waals surface area contributed by atoms with Gasteiger partial charge in [0, 0.05) is 13.0 Å². The lowest BCUT2D eigenvalue weighted by molar-refractivity contribution is 0.246. The molecule has 2 heterocycles. The van der Waals surface area contributed by atoms with Crippen LogP contribution in [0.4, 0.5) is 11.6 Å². The van der Waals surface area contributed by atoms with E-state index >= 15 is 0 Å². The number of pyridine rings is 1. The summed E-state index contributed by atoms with van der Waals surface area (Å²) in [6, 6.07) is 14.2. The van der Waals surface area contributed by atoms with Gasteiger partial charge in [0.25, 0.3) is 0 Å². The van der Waals surface area contributed by atoms with E-state index in [0.29, 0.717) is 0 Å². The molecular weight excluding hydrogens is 262 g/mol. The van der Waals surface area contributed by atoms with Crippen LogP contribution in [0.15, 0.2) is 42.5 Å². The number of anilines is 2. The van der Waals surface area contributed by atoms with Gasteiger partial charge in [-0.3, -0.25) is 0 Å². The summed E-state index contributed by atoms with van der Waals surface area (Å²) in [6.07, 6.45) is 2.22. The smallest absolute Gasteiger partial charge is 0.128 e. The number of nitrogens with zero attached hydrogens (tertiary/aromatic N) is 1. The van der Waals surface area contributed by atoms with Gasteiger partial charge >= 0.3 is 0 Å². The number of nitrogens with one attached hydrogen (secondary N) is 2. The van der Waals surface area contributed by atoms with Gasteiger partial charge in [-0.1, -0.05) is 31.2 Å². The highest BCUT2D eigenvalue weighted by Gasteiger charge is 2.21. The molecule has 0 fully saturated rings. The van der Waals surface area contributed by atoms with Crippen LogP contribution in [0.5, 0.6) is 5.75 Å². The number of aromatic nitrogens is 1. The number of fused-ring (bicyclic) bond motifs is 1. The predicted octanol–water partition coefficient (Wildman–Crippen LogP) is 3.32. The van der Waals surface area contributed by atoms with Gasteiger partial charge in [-0.05, 0) is 30.2 Å². The van der Waals surface area contributed by atoms with Gasteiger partial charge in [-0.25, -0.2) is 4.98 Å². The minimum Gasteiger partial charge on any atom is -0.488 e. The van der Waals surface area contributed by atoms with Crippen molar-refractivity contribution in [1.82, 2.24) is 4.98 Å². The zero-order valence-electron chi connectivity index (χ0n) is 12.3. The first-order chi connectivity index (χ1) is 10.3. The van der Waals surface area contributed by atoms with E-state index < -0.39 is 0 Å². The Morgan fingerprint density at radius 3 is 2.71 bits per heavy atom.